The maximum Gasteiger partial charge on any atom is 0.338 e. The van der Waals surface area contributed by atoms with Gasteiger partial charge in [-0.25, -0.2) is 4.79 Å². The highest BCUT2D eigenvalue weighted by atomic mass is 16.5. The number of benzene rings is 2. The summed E-state index contributed by atoms with van der Waals surface area (Å²) in [7, 11) is 0. The Labute approximate surface area is 192 Å². The number of rotatable bonds is 8. The van der Waals surface area contributed by atoms with E-state index in [1.54, 1.807) is 38.1 Å². The second-order valence-corrected chi connectivity index (χ2v) is 8.21. The number of carbonyl (C=O) groups is 4. The van der Waals surface area contributed by atoms with Crippen LogP contribution in [-0.4, -0.2) is 43.0 Å². The van der Waals surface area contributed by atoms with Gasteiger partial charge in [-0.15, -0.1) is 0 Å². The highest BCUT2D eigenvalue weighted by Gasteiger charge is 2.36. The molecule has 0 bridgehead atoms. The van der Waals surface area contributed by atoms with E-state index in [2.05, 4.69) is 5.32 Å². The van der Waals surface area contributed by atoms with E-state index in [9.17, 15) is 19.2 Å². The molecule has 0 unspecified atom stereocenters. The fourth-order valence-corrected chi connectivity index (χ4v) is 3.54. The van der Waals surface area contributed by atoms with Crippen molar-refractivity contribution in [2.45, 2.75) is 39.3 Å². The minimum Gasteiger partial charge on any atom is -0.459 e. The third-order valence-electron chi connectivity index (χ3n) is 5.24. The molecular weight excluding hydrogens is 424 g/mol. The van der Waals surface area contributed by atoms with Crippen LogP contribution in [0, 0.1) is 5.92 Å². The van der Waals surface area contributed by atoms with Crippen LogP contribution >= 0.6 is 0 Å². The van der Waals surface area contributed by atoms with Crippen LogP contribution in [0.1, 0.15) is 49.2 Å². The van der Waals surface area contributed by atoms with Gasteiger partial charge >= 0.3 is 11.9 Å². The van der Waals surface area contributed by atoms with Crippen molar-refractivity contribution >= 4 is 29.4 Å². The van der Waals surface area contributed by atoms with Crippen molar-refractivity contribution in [2.24, 2.45) is 5.92 Å². The molecule has 3 rings (SSSR count). The molecule has 0 saturated carbocycles. The normalized spacial score (nSPS) is 16.4. The molecule has 1 heterocycles. The smallest absolute Gasteiger partial charge is 0.338 e. The number of esters is 2. The standard InChI is InChI=1S/C25H28N2O6/c1-16(2)33-25(31)19-9-11-21(12-10-19)27-14-20(13-23(27)29)24(30)32-15-22(28)26-17(3)18-7-5-4-6-8-18/h4-12,16-17,20H,13-15H2,1-3H3,(H,26,28)/t17-,20+/m1/s1. The monoisotopic (exact) mass is 452 g/mol. The van der Waals surface area contributed by atoms with Crippen molar-refractivity contribution in [3.63, 3.8) is 0 Å². The first-order valence-electron chi connectivity index (χ1n) is 10.9. The summed E-state index contributed by atoms with van der Waals surface area (Å²) in [4.78, 5) is 50.5. The third-order valence-corrected chi connectivity index (χ3v) is 5.24. The molecule has 1 aliphatic heterocycles. The molecule has 1 saturated heterocycles. The van der Waals surface area contributed by atoms with Gasteiger partial charge in [-0.2, -0.15) is 0 Å². The zero-order valence-corrected chi connectivity index (χ0v) is 18.9. The van der Waals surface area contributed by atoms with Crippen LogP contribution in [0.4, 0.5) is 5.69 Å². The molecule has 8 heteroatoms. The van der Waals surface area contributed by atoms with Gasteiger partial charge in [0.05, 0.1) is 23.6 Å². The fraction of sp³-hybridized carbons (Fsp3) is 0.360. The van der Waals surface area contributed by atoms with E-state index < -0.39 is 30.4 Å². The second-order valence-electron chi connectivity index (χ2n) is 8.21. The molecule has 1 aliphatic rings. The van der Waals surface area contributed by atoms with Gasteiger partial charge in [-0.1, -0.05) is 30.3 Å². The van der Waals surface area contributed by atoms with E-state index >= 15 is 0 Å². The summed E-state index contributed by atoms with van der Waals surface area (Å²) in [6.45, 7) is 5.11. The van der Waals surface area contributed by atoms with Crippen LogP contribution in [0.25, 0.3) is 0 Å². The van der Waals surface area contributed by atoms with Gasteiger partial charge in [0.15, 0.2) is 6.61 Å². The van der Waals surface area contributed by atoms with Crippen LogP contribution in [-0.2, 0) is 23.9 Å². The van der Waals surface area contributed by atoms with E-state index in [4.69, 9.17) is 9.47 Å². The minimum atomic E-state index is -0.664. The molecule has 0 spiro atoms. The van der Waals surface area contributed by atoms with Gasteiger partial charge in [0.25, 0.3) is 5.91 Å². The highest BCUT2D eigenvalue weighted by molar-refractivity contribution is 6.00. The minimum absolute atomic E-state index is 0.00197. The van der Waals surface area contributed by atoms with Crippen molar-refractivity contribution in [1.29, 1.82) is 0 Å². The Hall–Kier alpha value is -3.68. The molecule has 8 nitrogen and oxygen atoms in total. The average molecular weight is 453 g/mol. The second kappa shape index (κ2) is 10.8. The summed E-state index contributed by atoms with van der Waals surface area (Å²) in [5.41, 5.74) is 1.90. The number of amides is 2. The first-order chi connectivity index (χ1) is 15.7. The van der Waals surface area contributed by atoms with Gasteiger partial charge in [-0.05, 0) is 50.6 Å². The van der Waals surface area contributed by atoms with Crippen LogP contribution in [0.5, 0.6) is 0 Å². The van der Waals surface area contributed by atoms with Crippen molar-refractivity contribution in [1.82, 2.24) is 5.32 Å². The van der Waals surface area contributed by atoms with E-state index in [1.165, 1.54) is 4.90 Å². The number of carbonyl (C=O) groups excluding carboxylic acids is 4. The molecule has 174 valence electrons. The molecular formula is C25H28N2O6. The number of hydrogen-bond acceptors (Lipinski definition) is 6. The Morgan fingerprint density at radius 1 is 1.03 bits per heavy atom. The molecule has 2 atom stereocenters. The quantitative estimate of drug-likeness (QED) is 0.618. The van der Waals surface area contributed by atoms with Crippen LogP contribution < -0.4 is 10.2 Å². The summed E-state index contributed by atoms with van der Waals surface area (Å²) >= 11 is 0. The first kappa shape index (κ1) is 24.0. The van der Waals surface area contributed by atoms with E-state index in [-0.39, 0.29) is 31.0 Å². The van der Waals surface area contributed by atoms with Gasteiger partial charge in [-0.3, -0.25) is 14.4 Å². The van der Waals surface area contributed by atoms with Crippen LogP contribution in [0.3, 0.4) is 0 Å². The lowest BCUT2D eigenvalue weighted by molar-refractivity contribution is -0.152. The van der Waals surface area contributed by atoms with Crippen LogP contribution in [0.15, 0.2) is 54.6 Å². The predicted octanol–water partition coefficient (Wildman–Crippen LogP) is 3.03. The highest BCUT2D eigenvalue weighted by Crippen LogP contribution is 2.26. The lowest BCUT2D eigenvalue weighted by Gasteiger charge is -2.17. The number of ether oxygens (including phenoxy) is 2. The number of nitrogens with zero attached hydrogens (tertiary/aromatic N) is 1. The number of hydrogen-bond donors (Lipinski definition) is 1. The van der Waals surface area contributed by atoms with Crippen LogP contribution in [0.2, 0.25) is 0 Å². The molecule has 1 N–H and O–H groups in total. The Balaban J connectivity index is 1.50. The van der Waals surface area contributed by atoms with E-state index in [1.807, 2.05) is 37.3 Å². The Bertz CT molecular complexity index is 1000. The fourth-order valence-electron chi connectivity index (χ4n) is 3.54. The molecule has 0 aliphatic carbocycles. The van der Waals surface area contributed by atoms with E-state index in [0.29, 0.717) is 11.3 Å². The number of anilines is 1. The summed E-state index contributed by atoms with van der Waals surface area (Å²) < 4.78 is 10.3. The Morgan fingerprint density at radius 3 is 2.33 bits per heavy atom. The van der Waals surface area contributed by atoms with Crippen molar-refractivity contribution in [3.8, 4) is 0 Å². The molecule has 2 amide bonds. The Kier molecular flexibility index (Phi) is 7.82. The average Bonchev–Trinajstić information content (AvgIpc) is 3.19. The van der Waals surface area contributed by atoms with E-state index in [0.717, 1.165) is 5.56 Å². The van der Waals surface area contributed by atoms with Gasteiger partial charge < -0.3 is 19.7 Å². The molecule has 0 radical (unpaired) electrons. The number of nitrogens with one attached hydrogen (secondary N) is 1. The molecule has 0 aromatic heterocycles. The van der Waals surface area contributed by atoms with Crippen molar-refractivity contribution in [3.05, 3.63) is 65.7 Å². The maximum absolute atomic E-state index is 12.4. The van der Waals surface area contributed by atoms with Crippen molar-refractivity contribution in [2.75, 3.05) is 18.1 Å². The van der Waals surface area contributed by atoms with Gasteiger partial charge in [0, 0.05) is 18.7 Å². The molecule has 33 heavy (non-hydrogen) atoms. The molecule has 2 aromatic rings. The summed E-state index contributed by atoms with van der Waals surface area (Å²) in [6, 6.07) is 15.7. The summed E-state index contributed by atoms with van der Waals surface area (Å²) in [5, 5.41) is 2.78. The zero-order valence-electron chi connectivity index (χ0n) is 18.9. The first-order valence-corrected chi connectivity index (χ1v) is 10.9. The lowest BCUT2D eigenvalue weighted by Crippen LogP contribution is -2.32. The molecule has 2 aromatic carbocycles. The Morgan fingerprint density at radius 2 is 1.70 bits per heavy atom. The third kappa shape index (κ3) is 6.41. The SMILES string of the molecule is CC(C)OC(=O)c1ccc(N2C[C@@H](C(=O)OCC(=O)N[C@H](C)c3ccccc3)CC2=O)cc1. The molecule has 1 fully saturated rings. The maximum atomic E-state index is 12.4. The predicted molar refractivity (Wildman–Crippen MR) is 121 cm³/mol. The lowest BCUT2D eigenvalue weighted by atomic mass is 10.1. The topological polar surface area (TPSA) is 102 Å². The summed E-state index contributed by atoms with van der Waals surface area (Å²) in [5.74, 6) is -2.33. The van der Waals surface area contributed by atoms with Gasteiger partial charge in [0.2, 0.25) is 5.91 Å². The van der Waals surface area contributed by atoms with Gasteiger partial charge in [0.1, 0.15) is 0 Å². The zero-order chi connectivity index (χ0) is 24.0. The largest absolute Gasteiger partial charge is 0.459 e. The summed E-state index contributed by atoms with van der Waals surface area (Å²) in [6.07, 6.45) is -0.231. The van der Waals surface area contributed by atoms with Crippen molar-refractivity contribution < 1.29 is 28.7 Å².